The van der Waals surface area contributed by atoms with Crippen LogP contribution in [0.3, 0.4) is 0 Å². The third-order valence-corrected chi connectivity index (χ3v) is 2.88. The van der Waals surface area contributed by atoms with Crippen molar-refractivity contribution < 1.29 is 0 Å². The molecule has 1 aromatic heterocycles. The van der Waals surface area contributed by atoms with E-state index in [1.165, 1.54) is 0 Å². The summed E-state index contributed by atoms with van der Waals surface area (Å²) in [6.45, 7) is 4.27. The van der Waals surface area contributed by atoms with Crippen LogP contribution in [0.25, 0.3) is 0 Å². The van der Waals surface area contributed by atoms with Crippen molar-refractivity contribution in [2.45, 2.75) is 18.9 Å². The maximum absolute atomic E-state index is 7.32. The first kappa shape index (κ1) is 11.0. The monoisotopic (exact) mass is 210 g/mol. The second kappa shape index (κ2) is 4.95. The zero-order valence-electron chi connectivity index (χ0n) is 8.32. The molecule has 0 aromatic carbocycles. The van der Waals surface area contributed by atoms with Crippen molar-refractivity contribution in [1.29, 1.82) is 5.41 Å². The summed E-state index contributed by atoms with van der Waals surface area (Å²) in [6, 6.07) is 0. The van der Waals surface area contributed by atoms with Crippen LogP contribution in [0.4, 0.5) is 0 Å². The van der Waals surface area contributed by atoms with Crippen LogP contribution in [0.5, 0.6) is 0 Å². The molecule has 14 heavy (non-hydrogen) atoms. The van der Waals surface area contributed by atoms with E-state index in [-0.39, 0.29) is 5.84 Å². The molecule has 0 spiro atoms. The van der Waals surface area contributed by atoms with Gasteiger partial charge in [0, 0.05) is 18.1 Å². The van der Waals surface area contributed by atoms with Crippen LogP contribution in [0, 0.1) is 11.3 Å². The molecule has 3 N–H and O–H groups in total. The summed E-state index contributed by atoms with van der Waals surface area (Å²) in [4.78, 5) is 8.17. The molecular weight excluding hydrogens is 196 g/mol. The number of hydrogen-bond donors (Lipinski definition) is 2. The summed E-state index contributed by atoms with van der Waals surface area (Å²) in [7, 11) is 0. The topological polar surface area (TPSA) is 75.7 Å². The van der Waals surface area contributed by atoms with Gasteiger partial charge < -0.3 is 5.73 Å². The van der Waals surface area contributed by atoms with Gasteiger partial charge >= 0.3 is 0 Å². The molecule has 5 heteroatoms. The Hall–Kier alpha value is -1.10. The summed E-state index contributed by atoms with van der Waals surface area (Å²) in [5, 5.41) is 8.07. The van der Waals surface area contributed by atoms with Gasteiger partial charge in [0.05, 0.1) is 0 Å². The fourth-order valence-electron chi connectivity index (χ4n) is 0.861. The summed E-state index contributed by atoms with van der Waals surface area (Å²) in [5.41, 5.74) is 5.87. The molecule has 0 aliphatic carbocycles. The summed E-state index contributed by atoms with van der Waals surface area (Å²) in [6.07, 6.45) is 3.17. The van der Waals surface area contributed by atoms with Crippen molar-refractivity contribution >= 4 is 17.6 Å². The first-order valence-electron chi connectivity index (χ1n) is 4.39. The maximum Gasteiger partial charge on any atom is 0.144 e. The Balaban J connectivity index is 2.79. The Morgan fingerprint density at radius 2 is 2.14 bits per heavy atom. The standard InChI is InChI=1S/C9H14N4S/c1-6(2)5-14-9-7(8(10)11)12-3-4-13-9/h3-4,6H,5H2,1-2H3,(H3,10,11). The highest BCUT2D eigenvalue weighted by Crippen LogP contribution is 2.20. The summed E-state index contributed by atoms with van der Waals surface area (Å²) >= 11 is 1.59. The van der Waals surface area contributed by atoms with Gasteiger partial charge in [0.25, 0.3) is 0 Å². The van der Waals surface area contributed by atoms with Gasteiger partial charge in [-0.05, 0) is 5.92 Å². The minimum atomic E-state index is -0.0237. The van der Waals surface area contributed by atoms with Crippen molar-refractivity contribution in [1.82, 2.24) is 9.97 Å². The molecule has 1 heterocycles. The molecule has 0 bridgehead atoms. The minimum absolute atomic E-state index is 0.0237. The van der Waals surface area contributed by atoms with Crippen LogP contribution < -0.4 is 5.73 Å². The fraction of sp³-hybridized carbons (Fsp3) is 0.444. The highest BCUT2D eigenvalue weighted by atomic mass is 32.2. The molecule has 0 saturated carbocycles. The van der Waals surface area contributed by atoms with Crippen molar-refractivity contribution in [3.05, 3.63) is 18.1 Å². The molecular formula is C9H14N4S. The summed E-state index contributed by atoms with van der Waals surface area (Å²) in [5.74, 6) is 1.52. The number of hydrogen-bond acceptors (Lipinski definition) is 4. The SMILES string of the molecule is CC(C)CSc1nccnc1C(=N)N. The lowest BCUT2D eigenvalue weighted by Gasteiger charge is -2.06. The maximum atomic E-state index is 7.32. The van der Waals surface area contributed by atoms with Gasteiger partial charge in [0.15, 0.2) is 0 Å². The Bertz CT molecular complexity index is 324. The van der Waals surface area contributed by atoms with E-state index in [9.17, 15) is 0 Å². The Morgan fingerprint density at radius 1 is 1.50 bits per heavy atom. The smallest absolute Gasteiger partial charge is 0.144 e. The number of nitrogens with two attached hydrogens (primary N) is 1. The molecule has 0 unspecified atom stereocenters. The van der Waals surface area contributed by atoms with E-state index in [4.69, 9.17) is 11.1 Å². The number of thioether (sulfide) groups is 1. The quantitative estimate of drug-likeness (QED) is 0.448. The first-order valence-corrected chi connectivity index (χ1v) is 5.38. The highest BCUT2D eigenvalue weighted by molar-refractivity contribution is 7.99. The van der Waals surface area contributed by atoms with Crippen LogP contribution in [0.1, 0.15) is 19.5 Å². The van der Waals surface area contributed by atoms with E-state index in [0.29, 0.717) is 11.6 Å². The Labute approximate surface area is 87.8 Å². The van der Waals surface area contributed by atoms with Gasteiger partial charge in [0.1, 0.15) is 16.6 Å². The van der Waals surface area contributed by atoms with E-state index in [1.54, 1.807) is 24.2 Å². The molecule has 0 aliphatic heterocycles. The second-order valence-corrected chi connectivity index (χ2v) is 4.34. The fourth-order valence-corrected chi connectivity index (χ4v) is 1.79. The number of aromatic nitrogens is 2. The predicted molar refractivity (Wildman–Crippen MR) is 58.6 cm³/mol. The Kier molecular flexibility index (Phi) is 3.88. The normalized spacial score (nSPS) is 10.5. The van der Waals surface area contributed by atoms with Gasteiger partial charge in [-0.15, -0.1) is 11.8 Å². The number of nitrogens with zero attached hydrogens (tertiary/aromatic N) is 2. The molecule has 76 valence electrons. The van der Waals surface area contributed by atoms with Gasteiger partial charge in [0.2, 0.25) is 0 Å². The van der Waals surface area contributed by atoms with Gasteiger partial charge in [-0.1, -0.05) is 13.8 Å². The molecule has 0 fully saturated rings. The first-order chi connectivity index (χ1) is 6.61. The Morgan fingerprint density at radius 3 is 2.71 bits per heavy atom. The molecule has 1 aromatic rings. The van der Waals surface area contributed by atoms with Gasteiger partial charge in [-0.25, -0.2) is 9.97 Å². The van der Waals surface area contributed by atoms with Crippen molar-refractivity contribution in [2.75, 3.05) is 5.75 Å². The molecule has 0 atom stereocenters. The van der Waals surface area contributed by atoms with E-state index in [2.05, 4.69) is 23.8 Å². The van der Waals surface area contributed by atoms with Crippen LogP contribution in [-0.4, -0.2) is 21.6 Å². The van der Waals surface area contributed by atoms with Crippen LogP contribution in [0.15, 0.2) is 17.4 Å². The predicted octanol–water partition coefficient (Wildman–Crippen LogP) is 1.51. The van der Waals surface area contributed by atoms with Crippen LogP contribution in [-0.2, 0) is 0 Å². The van der Waals surface area contributed by atoms with Gasteiger partial charge in [-0.3, -0.25) is 5.41 Å². The lowest BCUT2D eigenvalue weighted by molar-refractivity contribution is 0.749. The number of amidine groups is 1. The molecule has 0 amide bonds. The lowest BCUT2D eigenvalue weighted by Crippen LogP contribution is -2.15. The van der Waals surface area contributed by atoms with E-state index >= 15 is 0 Å². The third-order valence-electron chi connectivity index (χ3n) is 1.47. The van der Waals surface area contributed by atoms with E-state index in [0.717, 1.165) is 10.8 Å². The third kappa shape index (κ3) is 2.99. The summed E-state index contributed by atoms with van der Waals surface area (Å²) < 4.78 is 0. The number of nitrogen functional groups attached to an aromatic ring is 1. The van der Waals surface area contributed by atoms with Gasteiger partial charge in [-0.2, -0.15) is 0 Å². The van der Waals surface area contributed by atoms with E-state index in [1.807, 2.05) is 0 Å². The molecule has 0 radical (unpaired) electrons. The molecule has 4 nitrogen and oxygen atoms in total. The van der Waals surface area contributed by atoms with Crippen LogP contribution >= 0.6 is 11.8 Å². The van der Waals surface area contributed by atoms with E-state index < -0.39 is 0 Å². The molecule has 1 rings (SSSR count). The molecule has 0 aliphatic rings. The van der Waals surface area contributed by atoms with Crippen molar-refractivity contribution in [3.8, 4) is 0 Å². The second-order valence-electron chi connectivity index (χ2n) is 3.33. The number of nitrogens with one attached hydrogen (secondary N) is 1. The molecule has 0 saturated heterocycles. The average Bonchev–Trinajstić information content (AvgIpc) is 2.15. The largest absolute Gasteiger partial charge is 0.382 e. The average molecular weight is 210 g/mol. The van der Waals surface area contributed by atoms with Crippen LogP contribution in [0.2, 0.25) is 0 Å². The van der Waals surface area contributed by atoms with Crippen molar-refractivity contribution in [2.24, 2.45) is 11.7 Å². The zero-order valence-corrected chi connectivity index (χ0v) is 9.14. The lowest BCUT2D eigenvalue weighted by atomic mass is 10.3. The highest BCUT2D eigenvalue weighted by Gasteiger charge is 2.08. The minimum Gasteiger partial charge on any atom is -0.382 e. The number of rotatable bonds is 4. The van der Waals surface area contributed by atoms with Crippen molar-refractivity contribution in [3.63, 3.8) is 0 Å². The zero-order chi connectivity index (χ0) is 10.6.